The van der Waals surface area contributed by atoms with Gasteiger partial charge in [0, 0.05) is 4.47 Å². The first-order valence-electron chi connectivity index (χ1n) is 4.41. The summed E-state index contributed by atoms with van der Waals surface area (Å²) in [6.45, 7) is 0. The maximum absolute atomic E-state index is 11.4. The van der Waals surface area contributed by atoms with Crippen LogP contribution in [0.25, 0.3) is 10.8 Å². The second-order valence-electron chi connectivity index (χ2n) is 3.23. The standard InChI is InChI=1S/C11H8BrO3S/c1-15-16(13,14)11-5-3-8-6-10(12)4-2-9(8)7-11/h2-7H,1H2. The van der Waals surface area contributed by atoms with Gasteiger partial charge in [0.1, 0.15) is 0 Å². The summed E-state index contributed by atoms with van der Waals surface area (Å²) in [6.07, 6.45) is 0. The molecule has 16 heavy (non-hydrogen) atoms. The molecule has 0 aromatic heterocycles. The predicted molar refractivity (Wildman–Crippen MR) is 65.3 cm³/mol. The molecule has 0 unspecified atom stereocenters. The van der Waals surface area contributed by atoms with E-state index in [1.54, 1.807) is 12.1 Å². The minimum atomic E-state index is -3.72. The summed E-state index contributed by atoms with van der Waals surface area (Å²) >= 11 is 3.35. The molecule has 0 amide bonds. The summed E-state index contributed by atoms with van der Waals surface area (Å²) in [4.78, 5) is 0.109. The van der Waals surface area contributed by atoms with Gasteiger partial charge in [-0.3, -0.25) is 4.18 Å². The van der Waals surface area contributed by atoms with Gasteiger partial charge in [0.05, 0.1) is 12.0 Å². The van der Waals surface area contributed by atoms with Gasteiger partial charge >= 0.3 is 0 Å². The molecule has 0 atom stereocenters. The van der Waals surface area contributed by atoms with E-state index >= 15 is 0 Å². The molecule has 0 aliphatic rings. The molecule has 0 aliphatic carbocycles. The SMILES string of the molecule is [CH2]OS(=O)(=O)c1ccc2cc(Br)ccc2c1. The maximum Gasteiger partial charge on any atom is 0.297 e. The molecule has 1 radical (unpaired) electrons. The van der Waals surface area contributed by atoms with Crippen molar-refractivity contribution in [3.8, 4) is 0 Å². The minimum absolute atomic E-state index is 0.109. The lowest BCUT2D eigenvalue weighted by molar-refractivity contribution is 0.438. The van der Waals surface area contributed by atoms with Crippen molar-refractivity contribution in [2.24, 2.45) is 0 Å². The minimum Gasteiger partial charge on any atom is -0.264 e. The second kappa shape index (κ2) is 4.16. The van der Waals surface area contributed by atoms with E-state index in [1.165, 1.54) is 6.07 Å². The zero-order chi connectivity index (χ0) is 11.8. The summed E-state index contributed by atoms with van der Waals surface area (Å²) in [7, 11) is -0.790. The van der Waals surface area contributed by atoms with Gasteiger partial charge in [0.15, 0.2) is 0 Å². The van der Waals surface area contributed by atoms with E-state index in [-0.39, 0.29) is 4.90 Å². The number of hydrogen-bond acceptors (Lipinski definition) is 3. The lowest BCUT2D eigenvalue weighted by Gasteiger charge is -2.03. The van der Waals surface area contributed by atoms with Crippen molar-refractivity contribution in [2.45, 2.75) is 4.90 Å². The highest BCUT2D eigenvalue weighted by molar-refractivity contribution is 9.10. The van der Waals surface area contributed by atoms with Gasteiger partial charge < -0.3 is 0 Å². The van der Waals surface area contributed by atoms with Gasteiger partial charge in [0.2, 0.25) is 0 Å². The van der Waals surface area contributed by atoms with Crippen molar-refractivity contribution in [1.82, 2.24) is 0 Å². The summed E-state index contributed by atoms with van der Waals surface area (Å²) in [5.41, 5.74) is 0. The Morgan fingerprint density at radius 2 is 1.69 bits per heavy atom. The molecule has 0 spiro atoms. The highest BCUT2D eigenvalue weighted by Crippen LogP contribution is 2.23. The molecule has 2 aromatic carbocycles. The highest BCUT2D eigenvalue weighted by Gasteiger charge is 2.12. The normalized spacial score (nSPS) is 11.9. The molecule has 0 heterocycles. The van der Waals surface area contributed by atoms with Crippen LogP contribution in [0, 0.1) is 7.11 Å². The molecule has 0 fully saturated rings. The monoisotopic (exact) mass is 299 g/mol. The van der Waals surface area contributed by atoms with Crippen molar-refractivity contribution in [3.63, 3.8) is 0 Å². The highest BCUT2D eigenvalue weighted by atomic mass is 79.9. The summed E-state index contributed by atoms with van der Waals surface area (Å²) < 4.78 is 28.0. The molecule has 2 rings (SSSR count). The Morgan fingerprint density at radius 1 is 1.06 bits per heavy atom. The molecule has 2 aromatic rings. The maximum atomic E-state index is 11.4. The van der Waals surface area contributed by atoms with Crippen molar-refractivity contribution in [2.75, 3.05) is 0 Å². The zero-order valence-electron chi connectivity index (χ0n) is 8.18. The van der Waals surface area contributed by atoms with Crippen molar-refractivity contribution in [1.29, 1.82) is 0 Å². The fourth-order valence-corrected chi connectivity index (χ4v) is 2.44. The predicted octanol–water partition coefficient (Wildman–Crippen LogP) is 3.10. The first-order valence-corrected chi connectivity index (χ1v) is 6.61. The average Bonchev–Trinajstić information content (AvgIpc) is 2.28. The largest absolute Gasteiger partial charge is 0.297 e. The first-order chi connectivity index (χ1) is 7.53. The van der Waals surface area contributed by atoms with Crippen molar-refractivity contribution >= 4 is 36.8 Å². The Labute approximate surface area is 102 Å². The van der Waals surface area contributed by atoms with Crippen LogP contribution in [-0.2, 0) is 14.3 Å². The Bertz CT molecular complexity index is 635. The molecule has 0 bridgehead atoms. The molecular weight excluding hydrogens is 292 g/mol. The van der Waals surface area contributed by atoms with Crippen LogP contribution >= 0.6 is 15.9 Å². The molecule has 0 aliphatic heterocycles. The Morgan fingerprint density at radius 3 is 2.38 bits per heavy atom. The van der Waals surface area contributed by atoms with Gasteiger partial charge in [-0.05, 0) is 35.0 Å². The first kappa shape index (κ1) is 11.6. The second-order valence-corrected chi connectivity index (χ2v) is 5.76. The number of hydrogen-bond donors (Lipinski definition) is 0. The van der Waals surface area contributed by atoms with Crippen LogP contribution in [0.15, 0.2) is 45.8 Å². The smallest absolute Gasteiger partial charge is 0.264 e. The van der Waals surface area contributed by atoms with Gasteiger partial charge in [-0.25, -0.2) is 0 Å². The lowest BCUT2D eigenvalue weighted by Crippen LogP contribution is -2.00. The van der Waals surface area contributed by atoms with Crippen LogP contribution in [-0.4, -0.2) is 8.42 Å². The van der Waals surface area contributed by atoms with E-state index in [1.807, 2.05) is 18.2 Å². The molecule has 3 nitrogen and oxygen atoms in total. The Balaban J connectivity index is 2.66. The van der Waals surface area contributed by atoms with E-state index in [2.05, 4.69) is 27.2 Å². The van der Waals surface area contributed by atoms with Crippen LogP contribution in [0.5, 0.6) is 0 Å². The number of benzene rings is 2. The van der Waals surface area contributed by atoms with E-state index in [0.717, 1.165) is 15.2 Å². The van der Waals surface area contributed by atoms with Crippen LogP contribution in [0.1, 0.15) is 0 Å². The number of fused-ring (bicyclic) bond motifs is 1. The number of halogens is 1. The van der Waals surface area contributed by atoms with E-state index in [9.17, 15) is 8.42 Å². The third-order valence-electron chi connectivity index (χ3n) is 2.22. The summed E-state index contributed by atoms with van der Waals surface area (Å²) in [6, 6.07) is 10.4. The van der Waals surface area contributed by atoms with E-state index < -0.39 is 10.1 Å². The Kier molecular flexibility index (Phi) is 3.01. The van der Waals surface area contributed by atoms with E-state index in [4.69, 9.17) is 0 Å². The molecule has 0 saturated heterocycles. The lowest BCUT2D eigenvalue weighted by atomic mass is 10.1. The molecule has 5 heteroatoms. The van der Waals surface area contributed by atoms with Crippen LogP contribution in [0.4, 0.5) is 0 Å². The van der Waals surface area contributed by atoms with Crippen molar-refractivity contribution in [3.05, 3.63) is 48.0 Å². The average molecular weight is 300 g/mol. The van der Waals surface area contributed by atoms with Gasteiger partial charge in [0.25, 0.3) is 10.1 Å². The summed E-state index contributed by atoms with van der Waals surface area (Å²) in [5, 5.41) is 1.79. The van der Waals surface area contributed by atoms with Crippen molar-refractivity contribution < 1.29 is 12.6 Å². The number of rotatable bonds is 2. The van der Waals surface area contributed by atoms with Gasteiger partial charge in [-0.1, -0.05) is 28.1 Å². The molecule has 0 saturated carbocycles. The Hall–Kier alpha value is -0.910. The van der Waals surface area contributed by atoms with Gasteiger partial charge in [-0.2, -0.15) is 8.42 Å². The van der Waals surface area contributed by atoms with E-state index in [0.29, 0.717) is 0 Å². The fraction of sp³-hybridized carbons (Fsp3) is 0. The van der Waals surface area contributed by atoms with Crippen LogP contribution in [0.2, 0.25) is 0 Å². The third kappa shape index (κ3) is 2.11. The van der Waals surface area contributed by atoms with Crippen LogP contribution in [0.3, 0.4) is 0 Å². The molecule has 83 valence electrons. The summed E-state index contributed by atoms with van der Waals surface area (Å²) in [5.74, 6) is 0. The fourth-order valence-electron chi connectivity index (χ4n) is 1.42. The van der Waals surface area contributed by atoms with Gasteiger partial charge in [-0.15, -0.1) is 0 Å². The third-order valence-corrected chi connectivity index (χ3v) is 3.85. The molecule has 0 N–H and O–H groups in total. The quantitative estimate of drug-likeness (QED) is 0.800. The zero-order valence-corrected chi connectivity index (χ0v) is 10.6. The topological polar surface area (TPSA) is 43.4 Å². The van der Waals surface area contributed by atoms with Crippen LogP contribution < -0.4 is 0 Å². The molecular formula is C11H8BrO3S.